The van der Waals surface area contributed by atoms with Gasteiger partial charge in [-0.05, 0) is 38.3 Å². The van der Waals surface area contributed by atoms with Gasteiger partial charge in [0.1, 0.15) is 0 Å². The highest BCUT2D eigenvalue weighted by Crippen LogP contribution is 2.11. The van der Waals surface area contributed by atoms with Gasteiger partial charge in [-0.1, -0.05) is 29.8 Å². The normalized spacial score (nSPS) is 18.9. The highest BCUT2D eigenvalue weighted by atomic mass is 16.5. The highest BCUT2D eigenvalue weighted by Gasteiger charge is 2.14. The van der Waals surface area contributed by atoms with Crippen LogP contribution in [-0.4, -0.2) is 32.5 Å². The highest BCUT2D eigenvalue weighted by molar-refractivity contribution is 5.21. The first-order valence-corrected chi connectivity index (χ1v) is 7.30. The lowest BCUT2D eigenvalue weighted by atomic mass is 10.1. The van der Waals surface area contributed by atoms with Crippen LogP contribution in [0.15, 0.2) is 24.3 Å². The Kier molecular flexibility index (Phi) is 6.34. The molecule has 1 fully saturated rings. The summed E-state index contributed by atoms with van der Waals surface area (Å²) in [6.45, 7) is 6.56. The molecule has 1 aliphatic heterocycles. The van der Waals surface area contributed by atoms with Gasteiger partial charge in [0.2, 0.25) is 0 Å². The van der Waals surface area contributed by atoms with Crippen molar-refractivity contribution in [3.63, 3.8) is 0 Å². The number of hydrogen-bond donors (Lipinski definition) is 1. The zero-order valence-electron chi connectivity index (χ0n) is 11.9. The molecule has 3 nitrogen and oxygen atoms in total. The number of benzene rings is 1. The quantitative estimate of drug-likeness (QED) is 0.731. The molecule has 1 saturated heterocycles. The molecule has 2 rings (SSSR count). The Morgan fingerprint density at radius 3 is 3.16 bits per heavy atom. The second kappa shape index (κ2) is 8.31. The smallest absolute Gasteiger partial charge is 0.0809 e. The van der Waals surface area contributed by atoms with E-state index in [-0.39, 0.29) is 0 Å². The Balaban J connectivity index is 1.46. The maximum Gasteiger partial charge on any atom is 0.0809 e. The summed E-state index contributed by atoms with van der Waals surface area (Å²) in [6.07, 6.45) is 3.75. The van der Waals surface area contributed by atoms with Crippen LogP contribution in [0.25, 0.3) is 0 Å². The Morgan fingerprint density at radius 2 is 2.37 bits per heavy atom. The van der Waals surface area contributed by atoms with E-state index in [9.17, 15) is 0 Å². The number of hydrogen-bond acceptors (Lipinski definition) is 3. The van der Waals surface area contributed by atoms with Crippen LogP contribution < -0.4 is 5.32 Å². The van der Waals surface area contributed by atoms with E-state index in [1.165, 1.54) is 17.5 Å². The third kappa shape index (κ3) is 5.72. The van der Waals surface area contributed by atoms with E-state index in [4.69, 9.17) is 9.47 Å². The maximum absolute atomic E-state index is 5.62. The minimum Gasteiger partial charge on any atom is -0.379 e. The van der Waals surface area contributed by atoms with Crippen LogP contribution in [0.3, 0.4) is 0 Å². The van der Waals surface area contributed by atoms with E-state index in [2.05, 4.69) is 36.5 Å². The molecule has 0 bridgehead atoms. The zero-order valence-corrected chi connectivity index (χ0v) is 11.9. The molecule has 0 saturated carbocycles. The average molecular weight is 263 g/mol. The molecule has 3 heteroatoms. The second-order valence-corrected chi connectivity index (χ2v) is 5.23. The predicted octanol–water partition coefficient (Wildman–Crippen LogP) is 2.67. The molecule has 0 radical (unpaired) electrons. The van der Waals surface area contributed by atoms with E-state index < -0.39 is 0 Å². The van der Waals surface area contributed by atoms with Gasteiger partial charge in [-0.2, -0.15) is 0 Å². The van der Waals surface area contributed by atoms with Gasteiger partial charge in [-0.15, -0.1) is 0 Å². The molecule has 0 spiro atoms. The van der Waals surface area contributed by atoms with Crippen LogP contribution in [0.2, 0.25) is 0 Å². The molecule has 0 amide bonds. The Bertz CT molecular complexity index is 362. The lowest BCUT2D eigenvalue weighted by Crippen LogP contribution is -2.19. The van der Waals surface area contributed by atoms with Gasteiger partial charge in [0.05, 0.1) is 12.7 Å². The van der Waals surface area contributed by atoms with E-state index in [0.29, 0.717) is 6.10 Å². The fourth-order valence-electron chi connectivity index (χ4n) is 2.34. The molecular weight excluding hydrogens is 238 g/mol. The van der Waals surface area contributed by atoms with Crippen LogP contribution in [0, 0.1) is 6.92 Å². The standard InChI is InChI=1S/C16H25NO2/c1-14-5-2-6-15(11-14)12-17-8-4-9-18-13-16-7-3-10-19-16/h2,5-6,11,16-17H,3-4,7-10,12-13H2,1H3. The summed E-state index contributed by atoms with van der Waals surface area (Å²) in [5, 5.41) is 3.45. The first kappa shape index (κ1) is 14.5. The summed E-state index contributed by atoms with van der Waals surface area (Å²) in [5.41, 5.74) is 2.67. The number of rotatable bonds is 8. The summed E-state index contributed by atoms with van der Waals surface area (Å²) >= 11 is 0. The molecule has 1 heterocycles. The molecule has 1 aromatic rings. The van der Waals surface area contributed by atoms with Crippen molar-refractivity contribution in [1.29, 1.82) is 0 Å². The Labute approximate surface area is 116 Å². The molecule has 1 aliphatic rings. The van der Waals surface area contributed by atoms with Gasteiger partial charge in [-0.3, -0.25) is 0 Å². The van der Waals surface area contributed by atoms with Crippen molar-refractivity contribution >= 4 is 0 Å². The first-order valence-electron chi connectivity index (χ1n) is 7.30. The molecule has 0 aromatic heterocycles. The van der Waals surface area contributed by atoms with Gasteiger partial charge in [-0.25, -0.2) is 0 Å². The summed E-state index contributed by atoms with van der Waals surface area (Å²) in [7, 11) is 0. The van der Waals surface area contributed by atoms with Crippen LogP contribution >= 0.6 is 0 Å². The van der Waals surface area contributed by atoms with Gasteiger partial charge in [0.15, 0.2) is 0 Å². The SMILES string of the molecule is Cc1cccc(CNCCCOCC2CCCO2)c1. The molecule has 1 unspecified atom stereocenters. The molecule has 1 aromatic carbocycles. The first-order chi connectivity index (χ1) is 9.34. The van der Waals surface area contributed by atoms with Crippen molar-refractivity contribution in [2.75, 3.05) is 26.4 Å². The van der Waals surface area contributed by atoms with E-state index in [0.717, 1.165) is 45.8 Å². The fourth-order valence-corrected chi connectivity index (χ4v) is 2.34. The minimum atomic E-state index is 0.347. The van der Waals surface area contributed by atoms with Crippen LogP contribution in [0.4, 0.5) is 0 Å². The average Bonchev–Trinajstić information content (AvgIpc) is 2.91. The van der Waals surface area contributed by atoms with E-state index in [1.807, 2.05) is 0 Å². The van der Waals surface area contributed by atoms with Gasteiger partial charge in [0.25, 0.3) is 0 Å². The summed E-state index contributed by atoms with van der Waals surface area (Å²) < 4.78 is 11.1. The summed E-state index contributed by atoms with van der Waals surface area (Å²) in [4.78, 5) is 0. The van der Waals surface area contributed by atoms with E-state index >= 15 is 0 Å². The van der Waals surface area contributed by atoms with Crippen LogP contribution in [0.1, 0.15) is 30.4 Å². The van der Waals surface area contributed by atoms with Gasteiger partial charge < -0.3 is 14.8 Å². The fraction of sp³-hybridized carbons (Fsp3) is 0.625. The number of nitrogens with one attached hydrogen (secondary N) is 1. The molecule has 0 aliphatic carbocycles. The third-order valence-electron chi connectivity index (χ3n) is 3.38. The summed E-state index contributed by atoms with van der Waals surface area (Å²) in [5.74, 6) is 0. The van der Waals surface area contributed by atoms with Crippen molar-refractivity contribution in [3.8, 4) is 0 Å². The Hall–Kier alpha value is -0.900. The van der Waals surface area contributed by atoms with Crippen molar-refractivity contribution in [2.24, 2.45) is 0 Å². The van der Waals surface area contributed by atoms with E-state index in [1.54, 1.807) is 0 Å². The second-order valence-electron chi connectivity index (χ2n) is 5.23. The van der Waals surface area contributed by atoms with Crippen molar-refractivity contribution in [3.05, 3.63) is 35.4 Å². The topological polar surface area (TPSA) is 30.5 Å². The lowest BCUT2D eigenvalue weighted by Gasteiger charge is -2.10. The molecule has 106 valence electrons. The largest absolute Gasteiger partial charge is 0.379 e. The minimum absolute atomic E-state index is 0.347. The monoisotopic (exact) mass is 263 g/mol. The number of aryl methyl sites for hydroxylation is 1. The zero-order chi connectivity index (χ0) is 13.3. The predicted molar refractivity (Wildman–Crippen MR) is 77.3 cm³/mol. The lowest BCUT2D eigenvalue weighted by molar-refractivity contribution is 0.0166. The number of ether oxygens (including phenoxy) is 2. The molecular formula is C16H25NO2. The molecule has 19 heavy (non-hydrogen) atoms. The van der Waals surface area contributed by atoms with Gasteiger partial charge >= 0.3 is 0 Å². The van der Waals surface area contributed by atoms with Crippen LogP contribution in [-0.2, 0) is 16.0 Å². The van der Waals surface area contributed by atoms with Crippen molar-refractivity contribution in [2.45, 2.75) is 38.8 Å². The third-order valence-corrected chi connectivity index (χ3v) is 3.38. The van der Waals surface area contributed by atoms with Crippen molar-refractivity contribution in [1.82, 2.24) is 5.32 Å². The maximum atomic E-state index is 5.62. The molecule has 1 N–H and O–H groups in total. The van der Waals surface area contributed by atoms with Crippen molar-refractivity contribution < 1.29 is 9.47 Å². The summed E-state index contributed by atoms with van der Waals surface area (Å²) in [6, 6.07) is 8.62. The van der Waals surface area contributed by atoms with Gasteiger partial charge in [0, 0.05) is 19.8 Å². The Morgan fingerprint density at radius 1 is 1.42 bits per heavy atom. The van der Waals surface area contributed by atoms with Crippen LogP contribution in [0.5, 0.6) is 0 Å². The molecule has 1 atom stereocenters.